The van der Waals surface area contributed by atoms with E-state index in [4.69, 9.17) is 0 Å². The summed E-state index contributed by atoms with van der Waals surface area (Å²) in [4.78, 5) is 30.1. The standard InChI is InChI=1S/C20H19F2N3O2/c21-14-5-6-18(17(22)13-14)24-10-7-23(8-11-24)9-12-25-19(26)15-3-1-2-4-16(15)20(25)27/h1-6,13H,7-12H2. The molecule has 2 aliphatic rings. The fourth-order valence-corrected chi connectivity index (χ4v) is 3.63. The van der Waals surface area contributed by atoms with Gasteiger partial charge in [-0.25, -0.2) is 8.78 Å². The van der Waals surface area contributed by atoms with Crippen LogP contribution in [0.4, 0.5) is 14.5 Å². The van der Waals surface area contributed by atoms with Gasteiger partial charge in [-0.1, -0.05) is 12.1 Å². The summed E-state index contributed by atoms with van der Waals surface area (Å²) in [6.07, 6.45) is 0. The molecule has 0 radical (unpaired) electrons. The number of piperazine rings is 1. The summed E-state index contributed by atoms with van der Waals surface area (Å²) >= 11 is 0. The van der Waals surface area contributed by atoms with Gasteiger partial charge in [0.2, 0.25) is 0 Å². The van der Waals surface area contributed by atoms with Gasteiger partial charge in [-0.3, -0.25) is 19.4 Å². The number of hydrogen-bond donors (Lipinski definition) is 0. The number of imide groups is 1. The van der Waals surface area contributed by atoms with Crippen LogP contribution in [-0.2, 0) is 0 Å². The minimum absolute atomic E-state index is 0.248. The monoisotopic (exact) mass is 371 g/mol. The third-order valence-electron chi connectivity index (χ3n) is 5.14. The first-order valence-corrected chi connectivity index (χ1v) is 8.92. The van der Waals surface area contributed by atoms with Gasteiger partial charge in [0.1, 0.15) is 11.6 Å². The van der Waals surface area contributed by atoms with Crippen LogP contribution < -0.4 is 4.90 Å². The Balaban J connectivity index is 1.33. The molecule has 1 fully saturated rings. The van der Waals surface area contributed by atoms with Gasteiger partial charge in [0.25, 0.3) is 11.8 Å². The van der Waals surface area contributed by atoms with Gasteiger partial charge in [0.05, 0.1) is 16.8 Å². The van der Waals surface area contributed by atoms with E-state index in [-0.39, 0.29) is 11.8 Å². The quantitative estimate of drug-likeness (QED) is 0.774. The van der Waals surface area contributed by atoms with Crippen LogP contribution >= 0.6 is 0 Å². The predicted octanol–water partition coefficient (Wildman–Crippen LogP) is 2.38. The maximum atomic E-state index is 13.9. The zero-order valence-corrected chi connectivity index (χ0v) is 14.7. The molecular formula is C20H19F2N3O2. The second kappa shape index (κ2) is 7.08. The molecule has 0 unspecified atom stereocenters. The number of amides is 2. The molecule has 2 aromatic rings. The number of halogens is 2. The Bertz CT molecular complexity index is 860. The first kappa shape index (κ1) is 17.6. The smallest absolute Gasteiger partial charge is 0.261 e. The predicted molar refractivity (Wildman–Crippen MR) is 96.8 cm³/mol. The molecule has 4 rings (SSSR count). The summed E-state index contributed by atoms with van der Waals surface area (Å²) in [5.74, 6) is -1.64. The molecule has 2 aromatic carbocycles. The molecule has 140 valence electrons. The lowest BCUT2D eigenvalue weighted by Gasteiger charge is -2.36. The fraction of sp³-hybridized carbons (Fsp3) is 0.300. The molecule has 27 heavy (non-hydrogen) atoms. The number of benzene rings is 2. The number of carbonyl (C=O) groups is 2. The van der Waals surface area contributed by atoms with Crippen molar-refractivity contribution in [3.8, 4) is 0 Å². The molecule has 0 aromatic heterocycles. The Morgan fingerprint density at radius 1 is 0.815 bits per heavy atom. The molecule has 0 bridgehead atoms. The third kappa shape index (κ3) is 3.30. The molecule has 1 saturated heterocycles. The highest BCUT2D eigenvalue weighted by Crippen LogP contribution is 2.23. The lowest BCUT2D eigenvalue weighted by molar-refractivity contribution is 0.0635. The molecule has 5 nitrogen and oxygen atoms in total. The lowest BCUT2D eigenvalue weighted by Crippen LogP contribution is -2.49. The Morgan fingerprint density at radius 2 is 1.44 bits per heavy atom. The van der Waals surface area contributed by atoms with Gasteiger partial charge in [-0.2, -0.15) is 0 Å². The Hall–Kier alpha value is -2.80. The van der Waals surface area contributed by atoms with E-state index in [1.165, 1.54) is 17.0 Å². The van der Waals surface area contributed by atoms with Crippen molar-refractivity contribution in [2.24, 2.45) is 0 Å². The first-order chi connectivity index (χ1) is 13.0. The summed E-state index contributed by atoms with van der Waals surface area (Å²) in [6.45, 7) is 3.47. The minimum Gasteiger partial charge on any atom is -0.367 e. The summed E-state index contributed by atoms with van der Waals surface area (Å²) in [5, 5.41) is 0. The van der Waals surface area contributed by atoms with Crippen LogP contribution in [0, 0.1) is 11.6 Å². The SMILES string of the molecule is O=C1c2ccccc2C(=O)N1CCN1CCN(c2ccc(F)cc2F)CC1. The van der Waals surface area contributed by atoms with Crippen LogP contribution in [0.15, 0.2) is 42.5 Å². The second-order valence-corrected chi connectivity index (χ2v) is 6.73. The summed E-state index contributed by atoms with van der Waals surface area (Å²) in [5.41, 5.74) is 1.31. The average molecular weight is 371 g/mol. The Labute approximate surface area is 155 Å². The van der Waals surface area contributed by atoms with Crippen molar-refractivity contribution in [1.82, 2.24) is 9.80 Å². The molecule has 2 heterocycles. The molecule has 0 N–H and O–H groups in total. The summed E-state index contributed by atoms with van der Waals surface area (Å²) < 4.78 is 27.0. The van der Waals surface area contributed by atoms with Crippen molar-refractivity contribution in [3.05, 3.63) is 65.2 Å². The molecule has 0 aliphatic carbocycles. The fourth-order valence-electron chi connectivity index (χ4n) is 3.63. The summed E-state index contributed by atoms with van der Waals surface area (Å²) in [7, 11) is 0. The van der Waals surface area contributed by atoms with Crippen molar-refractivity contribution in [3.63, 3.8) is 0 Å². The number of anilines is 1. The highest BCUT2D eigenvalue weighted by molar-refractivity contribution is 6.21. The largest absolute Gasteiger partial charge is 0.367 e. The average Bonchev–Trinajstić information content (AvgIpc) is 2.92. The first-order valence-electron chi connectivity index (χ1n) is 8.92. The van der Waals surface area contributed by atoms with Crippen molar-refractivity contribution >= 4 is 17.5 Å². The highest BCUT2D eigenvalue weighted by atomic mass is 19.1. The van der Waals surface area contributed by atoms with E-state index < -0.39 is 11.6 Å². The minimum atomic E-state index is -0.587. The number of rotatable bonds is 4. The van der Waals surface area contributed by atoms with Crippen LogP contribution in [0.2, 0.25) is 0 Å². The van der Waals surface area contributed by atoms with Crippen LogP contribution in [0.25, 0.3) is 0 Å². The van der Waals surface area contributed by atoms with Gasteiger partial charge in [-0.05, 0) is 24.3 Å². The molecule has 7 heteroatoms. The third-order valence-corrected chi connectivity index (χ3v) is 5.14. The number of hydrogen-bond acceptors (Lipinski definition) is 4. The van der Waals surface area contributed by atoms with Gasteiger partial charge in [0, 0.05) is 45.3 Å². The number of fused-ring (bicyclic) bond motifs is 1. The van der Waals surface area contributed by atoms with E-state index in [2.05, 4.69) is 4.90 Å². The molecule has 2 amide bonds. The Kier molecular flexibility index (Phi) is 4.61. The van der Waals surface area contributed by atoms with Gasteiger partial charge in [0.15, 0.2) is 0 Å². The van der Waals surface area contributed by atoms with E-state index in [0.29, 0.717) is 56.1 Å². The summed E-state index contributed by atoms with van der Waals surface area (Å²) in [6, 6.07) is 10.5. The lowest BCUT2D eigenvalue weighted by atomic mass is 10.1. The van der Waals surface area contributed by atoms with Crippen molar-refractivity contribution in [2.75, 3.05) is 44.2 Å². The van der Waals surface area contributed by atoms with Crippen molar-refractivity contribution < 1.29 is 18.4 Å². The van der Waals surface area contributed by atoms with Crippen molar-refractivity contribution in [1.29, 1.82) is 0 Å². The van der Waals surface area contributed by atoms with Crippen LogP contribution in [0.3, 0.4) is 0 Å². The van der Waals surface area contributed by atoms with Crippen LogP contribution in [0.5, 0.6) is 0 Å². The molecule has 0 atom stereocenters. The zero-order valence-electron chi connectivity index (χ0n) is 14.7. The molecule has 2 aliphatic heterocycles. The normalized spacial score (nSPS) is 17.6. The van der Waals surface area contributed by atoms with Crippen LogP contribution in [-0.4, -0.2) is 60.9 Å². The van der Waals surface area contributed by atoms with E-state index in [9.17, 15) is 18.4 Å². The van der Waals surface area contributed by atoms with E-state index >= 15 is 0 Å². The number of carbonyl (C=O) groups excluding carboxylic acids is 2. The molecular weight excluding hydrogens is 352 g/mol. The number of nitrogens with zero attached hydrogens (tertiary/aromatic N) is 3. The van der Waals surface area contributed by atoms with E-state index in [0.717, 1.165) is 6.07 Å². The van der Waals surface area contributed by atoms with E-state index in [1.54, 1.807) is 24.3 Å². The Morgan fingerprint density at radius 3 is 2.04 bits per heavy atom. The zero-order chi connectivity index (χ0) is 19.0. The second-order valence-electron chi connectivity index (χ2n) is 6.73. The molecule has 0 saturated carbocycles. The van der Waals surface area contributed by atoms with Crippen molar-refractivity contribution in [2.45, 2.75) is 0 Å². The highest BCUT2D eigenvalue weighted by Gasteiger charge is 2.35. The maximum absolute atomic E-state index is 13.9. The van der Waals surface area contributed by atoms with E-state index in [1.807, 2.05) is 4.90 Å². The van der Waals surface area contributed by atoms with Crippen LogP contribution in [0.1, 0.15) is 20.7 Å². The maximum Gasteiger partial charge on any atom is 0.261 e. The van der Waals surface area contributed by atoms with Gasteiger partial charge < -0.3 is 4.90 Å². The van der Waals surface area contributed by atoms with Gasteiger partial charge >= 0.3 is 0 Å². The van der Waals surface area contributed by atoms with Gasteiger partial charge in [-0.15, -0.1) is 0 Å². The molecule has 0 spiro atoms. The topological polar surface area (TPSA) is 43.9 Å².